The second kappa shape index (κ2) is 6.72. The first-order valence-electron chi connectivity index (χ1n) is 6.86. The minimum Gasteiger partial charge on any atom is -0.490 e. The average molecular weight is 305 g/mol. The van der Waals surface area contributed by atoms with Gasteiger partial charge in [0.1, 0.15) is 29.6 Å². The van der Waals surface area contributed by atoms with Gasteiger partial charge in [0.25, 0.3) is 0 Å². The van der Waals surface area contributed by atoms with E-state index in [2.05, 4.69) is 10.4 Å². The van der Waals surface area contributed by atoms with Crippen LogP contribution in [0.1, 0.15) is 18.1 Å². The zero-order valence-electron chi connectivity index (χ0n) is 12.9. The van der Waals surface area contributed by atoms with Crippen molar-refractivity contribution in [3.8, 4) is 5.75 Å². The monoisotopic (exact) mass is 305 g/mol. The van der Waals surface area contributed by atoms with Crippen molar-refractivity contribution < 1.29 is 13.9 Å². The number of methoxy groups -OCH3 is 1. The molecule has 0 aliphatic heterocycles. The van der Waals surface area contributed by atoms with Gasteiger partial charge in [0.15, 0.2) is 0 Å². The highest BCUT2D eigenvalue weighted by Crippen LogP contribution is 2.28. The third kappa shape index (κ3) is 3.35. The largest absolute Gasteiger partial charge is 0.490 e. The summed E-state index contributed by atoms with van der Waals surface area (Å²) >= 11 is 0. The van der Waals surface area contributed by atoms with Gasteiger partial charge in [0.05, 0.1) is 0 Å². The second-order valence-electron chi connectivity index (χ2n) is 5.16. The van der Waals surface area contributed by atoms with Gasteiger partial charge >= 0.3 is 0 Å². The SMILES string of the molecule is COC(C)(COc1ccnc(NN)c1C)c1ccc(F)cc1. The molecule has 22 heavy (non-hydrogen) atoms. The van der Waals surface area contributed by atoms with Crippen molar-refractivity contribution in [1.29, 1.82) is 0 Å². The fourth-order valence-electron chi connectivity index (χ4n) is 2.10. The van der Waals surface area contributed by atoms with Crippen LogP contribution in [0.4, 0.5) is 10.2 Å². The summed E-state index contributed by atoms with van der Waals surface area (Å²) in [5.41, 5.74) is 3.47. The van der Waals surface area contributed by atoms with Crippen LogP contribution in [0.15, 0.2) is 36.5 Å². The predicted molar refractivity (Wildman–Crippen MR) is 83.0 cm³/mol. The van der Waals surface area contributed by atoms with Crippen molar-refractivity contribution in [3.63, 3.8) is 0 Å². The number of hydrogen-bond donors (Lipinski definition) is 2. The normalized spacial score (nSPS) is 13.5. The van der Waals surface area contributed by atoms with E-state index in [0.29, 0.717) is 11.6 Å². The van der Waals surface area contributed by atoms with Gasteiger partial charge in [0, 0.05) is 18.9 Å². The molecule has 1 unspecified atom stereocenters. The summed E-state index contributed by atoms with van der Waals surface area (Å²) in [6.45, 7) is 4.02. The molecule has 3 N–H and O–H groups in total. The zero-order chi connectivity index (χ0) is 16.2. The fraction of sp³-hybridized carbons (Fsp3) is 0.312. The van der Waals surface area contributed by atoms with Crippen LogP contribution in [-0.4, -0.2) is 18.7 Å². The number of nitrogens with zero attached hydrogens (tertiary/aromatic N) is 1. The molecule has 0 bridgehead atoms. The number of ether oxygens (including phenoxy) is 2. The Morgan fingerprint density at radius 1 is 1.27 bits per heavy atom. The Morgan fingerprint density at radius 2 is 1.95 bits per heavy atom. The number of anilines is 1. The van der Waals surface area contributed by atoms with Crippen molar-refractivity contribution >= 4 is 5.82 Å². The van der Waals surface area contributed by atoms with Crippen LogP contribution in [0.3, 0.4) is 0 Å². The summed E-state index contributed by atoms with van der Waals surface area (Å²) in [6, 6.07) is 7.95. The smallest absolute Gasteiger partial charge is 0.146 e. The lowest BCUT2D eigenvalue weighted by molar-refractivity contribution is -0.0345. The molecule has 0 spiro atoms. The van der Waals surface area contributed by atoms with Crippen LogP contribution in [0, 0.1) is 12.7 Å². The van der Waals surface area contributed by atoms with Gasteiger partial charge in [-0.2, -0.15) is 0 Å². The molecule has 0 amide bonds. The van der Waals surface area contributed by atoms with Crippen molar-refractivity contribution in [2.45, 2.75) is 19.4 Å². The first-order chi connectivity index (χ1) is 10.5. The molecule has 1 heterocycles. The molecule has 2 rings (SSSR count). The molecule has 1 aromatic heterocycles. The van der Waals surface area contributed by atoms with Gasteiger partial charge in [-0.05, 0) is 37.6 Å². The van der Waals surface area contributed by atoms with E-state index in [1.807, 2.05) is 13.8 Å². The van der Waals surface area contributed by atoms with E-state index in [1.54, 1.807) is 31.5 Å². The van der Waals surface area contributed by atoms with Gasteiger partial charge in [-0.25, -0.2) is 15.2 Å². The Kier molecular flexibility index (Phi) is 4.95. The minimum atomic E-state index is -0.695. The van der Waals surface area contributed by atoms with Crippen molar-refractivity contribution in [1.82, 2.24) is 4.98 Å². The average Bonchev–Trinajstić information content (AvgIpc) is 2.54. The third-order valence-electron chi connectivity index (χ3n) is 3.70. The molecule has 2 aromatic rings. The van der Waals surface area contributed by atoms with Gasteiger partial charge in [-0.1, -0.05) is 12.1 Å². The van der Waals surface area contributed by atoms with Gasteiger partial charge < -0.3 is 14.9 Å². The van der Waals surface area contributed by atoms with Gasteiger partial charge in [-0.15, -0.1) is 0 Å². The summed E-state index contributed by atoms with van der Waals surface area (Å²) in [7, 11) is 1.60. The maximum Gasteiger partial charge on any atom is 0.146 e. The lowest BCUT2D eigenvalue weighted by atomic mass is 9.96. The Hall–Kier alpha value is -2.18. The number of hydrazine groups is 1. The van der Waals surface area contributed by atoms with Gasteiger partial charge in [0.2, 0.25) is 0 Å². The maximum absolute atomic E-state index is 13.1. The van der Waals surface area contributed by atoms with Crippen molar-refractivity contribution in [2.75, 3.05) is 19.1 Å². The summed E-state index contributed by atoms with van der Waals surface area (Å²) in [5.74, 6) is 6.33. The van der Waals surface area contributed by atoms with Crippen LogP contribution >= 0.6 is 0 Å². The molecule has 1 aromatic carbocycles. The summed E-state index contributed by atoms with van der Waals surface area (Å²) in [6.07, 6.45) is 1.61. The number of aromatic nitrogens is 1. The summed E-state index contributed by atoms with van der Waals surface area (Å²) < 4.78 is 24.5. The number of rotatable bonds is 6. The predicted octanol–water partition coefficient (Wildman–Crippen LogP) is 2.76. The van der Waals surface area contributed by atoms with Crippen LogP contribution < -0.4 is 16.0 Å². The van der Waals surface area contributed by atoms with Crippen molar-refractivity contribution in [3.05, 3.63) is 53.5 Å². The van der Waals surface area contributed by atoms with Crippen molar-refractivity contribution in [2.24, 2.45) is 5.84 Å². The lowest BCUT2D eigenvalue weighted by Gasteiger charge is -2.29. The highest BCUT2D eigenvalue weighted by molar-refractivity contribution is 5.49. The number of nitrogens with one attached hydrogen (secondary N) is 1. The fourth-order valence-corrected chi connectivity index (χ4v) is 2.10. The van der Waals surface area contributed by atoms with Crippen LogP contribution in [-0.2, 0) is 10.3 Å². The molecule has 0 fully saturated rings. The van der Waals surface area contributed by atoms with E-state index in [0.717, 1.165) is 11.1 Å². The van der Waals surface area contributed by atoms with E-state index in [1.165, 1.54) is 12.1 Å². The molecule has 6 heteroatoms. The zero-order valence-corrected chi connectivity index (χ0v) is 12.9. The van der Waals surface area contributed by atoms with E-state index in [9.17, 15) is 4.39 Å². The summed E-state index contributed by atoms with van der Waals surface area (Å²) in [4.78, 5) is 4.10. The Bertz CT molecular complexity index is 634. The van der Waals surface area contributed by atoms with Crippen LogP contribution in [0.2, 0.25) is 0 Å². The highest BCUT2D eigenvalue weighted by Gasteiger charge is 2.27. The standard InChI is InChI=1S/C16H20FN3O2/c1-11-14(8-9-19-15(11)20-18)22-10-16(2,21-3)12-4-6-13(17)7-5-12/h4-9H,10,18H2,1-3H3,(H,19,20). The van der Waals surface area contributed by atoms with Gasteiger partial charge in [-0.3, -0.25) is 0 Å². The first kappa shape index (κ1) is 16.2. The Balaban J connectivity index is 2.19. The molecule has 118 valence electrons. The third-order valence-corrected chi connectivity index (χ3v) is 3.70. The molecular formula is C16H20FN3O2. The number of nitrogen functional groups attached to an aromatic ring is 1. The molecule has 0 saturated carbocycles. The highest BCUT2D eigenvalue weighted by atomic mass is 19.1. The number of hydrogen-bond acceptors (Lipinski definition) is 5. The number of nitrogens with two attached hydrogens (primary N) is 1. The molecular weight excluding hydrogens is 285 g/mol. The van der Waals surface area contributed by atoms with Crippen LogP contribution in [0.5, 0.6) is 5.75 Å². The molecule has 0 saturated heterocycles. The minimum absolute atomic E-state index is 0.268. The lowest BCUT2D eigenvalue weighted by Crippen LogP contribution is -2.32. The molecule has 1 atom stereocenters. The van der Waals surface area contributed by atoms with E-state index >= 15 is 0 Å². The van der Waals surface area contributed by atoms with E-state index in [-0.39, 0.29) is 12.4 Å². The number of pyridine rings is 1. The molecule has 0 radical (unpaired) electrons. The quantitative estimate of drug-likeness (QED) is 0.634. The Morgan fingerprint density at radius 3 is 2.55 bits per heavy atom. The molecule has 5 nitrogen and oxygen atoms in total. The molecule has 0 aliphatic rings. The summed E-state index contributed by atoms with van der Waals surface area (Å²) in [5, 5.41) is 0. The molecule has 0 aliphatic carbocycles. The first-order valence-corrected chi connectivity index (χ1v) is 6.86. The maximum atomic E-state index is 13.1. The number of halogens is 1. The van der Waals surface area contributed by atoms with E-state index < -0.39 is 5.60 Å². The van der Waals surface area contributed by atoms with E-state index in [4.69, 9.17) is 15.3 Å². The Labute approximate surface area is 129 Å². The number of benzene rings is 1. The second-order valence-corrected chi connectivity index (χ2v) is 5.16. The van der Waals surface area contributed by atoms with Crippen LogP contribution in [0.25, 0.3) is 0 Å². The topological polar surface area (TPSA) is 69.4 Å².